The highest BCUT2D eigenvalue weighted by atomic mass is 35.5. The third-order valence-electron chi connectivity index (χ3n) is 4.19. The molecule has 9 heteroatoms. The minimum atomic E-state index is -0.833. The second-order valence-corrected chi connectivity index (χ2v) is 6.85. The Hall–Kier alpha value is -2.25. The fourth-order valence-electron chi connectivity index (χ4n) is 2.85. The molecule has 3 rings (SSSR count). The zero-order chi connectivity index (χ0) is 18.7. The van der Waals surface area contributed by atoms with Crippen LogP contribution < -0.4 is 10.1 Å². The molecule has 1 aliphatic rings. The van der Waals surface area contributed by atoms with Gasteiger partial charge in [0, 0.05) is 12.1 Å². The van der Waals surface area contributed by atoms with Crippen molar-refractivity contribution in [3.8, 4) is 5.75 Å². The van der Waals surface area contributed by atoms with Gasteiger partial charge in [-0.15, -0.1) is 0 Å². The number of nitrogens with one attached hydrogen (secondary N) is 1. The van der Waals surface area contributed by atoms with Gasteiger partial charge in [0.1, 0.15) is 6.61 Å². The summed E-state index contributed by atoms with van der Waals surface area (Å²) in [5, 5.41) is 16.2. The Morgan fingerprint density at radius 3 is 2.69 bits per heavy atom. The number of benzene rings is 1. The summed E-state index contributed by atoms with van der Waals surface area (Å²) in [6.07, 6.45) is 1.60. The van der Waals surface area contributed by atoms with Crippen LogP contribution in [-0.2, 0) is 11.4 Å². The normalized spacial score (nSPS) is 19.3. The molecule has 2 N–H and O–H groups in total. The molecule has 1 heterocycles. The maximum Gasteiger partial charge on any atom is 0.306 e. The van der Waals surface area contributed by atoms with Gasteiger partial charge in [-0.05, 0) is 31.4 Å². The molecule has 2 atom stereocenters. The van der Waals surface area contributed by atoms with E-state index in [4.69, 9.17) is 37.6 Å². The number of carboxylic acid groups (broad SMARTS) is 1. The summed E-state index contributed by atoms with van der Waals surface area (Å²) in [5.74, 6) is -1.00. The number of hydrogen-bond acceptors (Lipinski definition) is 5. The highest BCUT2D eigenvalue weighted by Crippen LogP contribution is 2.33. The number of aromatic nitrogens is 1. The average molecular weight is 399 g/mol. The molecule has 1 aliphatic carbocycles. The van der Waals surface area contributed by atoms with Crippen molar-refractivity contribution >= 4 is 35.1 Å². The zero-order valence-corrected chi connectivity index (χ0v) is 15.1. The molecular weight excluding hydrogens is 383 g/mol. The fraction of sp³-hybridized carbons (Fsp3) is 0.353. The van der Waals surface area contributed by atoms with Crippen LogP contribution >= 0.6 is 23.2 Å². The van der Waals surface area contributed by atoms with Crippen LogP contribution in [0.3, 0.4) is 0 Å². The van der Waals surface area contributed by atoms with Crippen molar-refractivity contribution in [1.82, 2.24) is 10.5 Å². The molecule has 7 nitrogen and oxygen atoms in total. The number of aliphatic carboxylic acids is 1. The van der Waals surface area contributed by atoms with E-state index in [-0.39, 0.29) is 18.3 Å². The largest absolute Gasteiger partial charge is 0.482 e. The third-order valence-corrected chi connectivity index (χ3v) is 4.78. The van der Waals surface area contributed by atoms with Crippen molar-refractivity contribution in [2.24, 2.45) is 5.92 Å². The van der Waals surface area contributed by atoms with Crippen molar-refractivity contribution in [2.45, 2.75) is 31.9 Å². The van der Waals surface area contributed by atoms with Crippen molar-refractivity contribution in [3.05, 3.63) is 45.8 Å². The minimum absolute atomic E-state index is 0.00818. The van der Waals surface area contributed by atoms with Crippen LogP contribution in [0.1, 0.15) is 35.5 Å². The molecule has 1 saturated carbocycles. The van der Waals surface area contributed by atoms with Crippen LogP contribution in [0.25, 0.3) is 0 Å². The van der Waals surface area contributed by atoms with Crippen molar-refractivity contribution in [3.63, 3.8) is 0 Å². The zero-order valence-electron chi connectivity index (χ0n) is 13.6. The van der Waals surface area contributed by atoms with Gasteiger partial charge >= 0.3 is 5.97 Å². The first-order valence-corrected chi connectivity index (χ1v) is 8.75. The molecule has 26 heavy (non-hydrogen) atoms. The SMILES string of the molecule is O=C(N[C@@H]1CC[C@H](C(=O)O)C1)c1cc(COc2c(Cl)cccc2Cl)on1. The number of hydrogen-bond donors (Lipinski definition) is 2. The van der Waals surface area contributed by atoms with Crippen LogP contribution in [-0.4, -0.2) is 28.2 Å². The molecule has 0 saturated heterocycles. The number of carbonyl (C=O) groups is 2. The first kappa shape index (κ1) is 18.5. The van der Waals surface area contributed by atoms with Gasteiger partial charge in [-0.1, -0.05) is 34.4 Å². The summed E-state index contributed by atoms with van der Waals surface area (Å²) in [7, 11) is 0. The van der Waals surface area contributed by atoms with Crippen LogP contribution in [0.5, 0.6) is 5.75 Å². The average Bonchev–Trinajstić information content (AvgIpc) is 3.24. The number of amides is 1. The summed E-state index contributed by atoms with van der Waals surface area (Å²) >= 11 is 12.0. The predicted octanol–water partition coefficient (Wildman–Crippen LogP) is 3.54. The van der Waals surface area contributed by atoms with E-state index >= 15 is 0 Å². The van der Waals surface area contributed by atoms with Crippen LogP contribution in [0, 0.1) is 5.92 Å². The van der Waals surface area contributed by atoms with Gasteiger partial charge in [-0.2, -0.15) is 0 Å². The van der Waals surface area contributed by atoms with Crippen LogP contribution in [0.2, 0.25) is 10.0 Å². The topological polar surface area (TPSA) is 102 Å². The van der Waals surface area contributed by atoms with Crippen molar-refractivity contribution < 1.29 is 24.0 Å². The summed E-state index contributed by atoms with van der Waals surface area (Å²) < 4.78 is 10.6. The molecule has 2 aromatic rings. The van der Waals surface area contributed by atoms with E-state index < -0.39 is 17.8 Å². The quantitative estimate of drug-likeness (QED) is 0.771. The van der Waals surface area contributed by atoms with Gasteiger partial charge in [0.2, 0.25) is 0 Å². The lowest BCUT2D eigenvalue weighted by Crippen LogP contribution is -2.33. The van der Waals surface area contributed by atoms with Gasteiger partial charge in [-0.3, -0.25) is 9.59 Å². The highest BCUT2D eigenvalue weighted by molar-refractivity contribution is 6.37. The molecule has 1 amide bonds. The molecule has 0 bridgehead atoms. The van der Waals surface area contributed by atoms with Crippen molar-refractivity contribution in [1.29, 1.82) is 0 Å². The molecule has 0 aliphatic heterocycles. The Bertz CT molecular complexity index is 803. The number of carbonyl (C=O) groups excluding carboxylic acids is 1. The second kappa shape index (κ2) is 7.97. The standard InChI is InChI=1S/C17H16Cl2N2O5/c18-12-2-1-3-13(19)15(12)25-8-11-7-14(21-26-11)16(22)20-10-5-4-9(6-10)17(23)24/h1-3,7,9-10H,4-6,8H2,(H,20,22)(H,23,24)/t9-,10+/m0/s1. The Morgan fingerprint density at radius 1 is 1.31 bits per heavy atom. The maximum atomic E-state index is 12.2. The molecule has 1 aromatic heterocycles. The number of para-hydroxylation sites is 1. The van der Waals surface area contributed by atoms with E-state index in [9.17, 15) is 9.59 Å². The monoisotopic (exact) mass is 398 g/mol. The van der Waals surface area contributed by atoms with E-state index in [1.807, 2.05) is 0 Å². The lowest BCUT2D eigenvalue weighted by Gasteiger charge is -2.10. The van der Waals surface area contributed by atoms with Gasteiger partial charge in [0.15, 0.2) is 17.2 Å². The van der Waals surface area contributed by atoms with Gasteiger partial charge < -0.3 is 19.7 Å². The number of nitrogens with zero attached hydrogens (tertiary/aromatic N) is 1. The highest BCUT2D eigenvalue weighted by Gasteiger charge is 2.31. The lowest BCUT2D eigenvalue weighted by atomic mass is 10.1. The van der Waals surface area contributed by atoms with E-state index in [2.05, 4.69) is 10.5 Å². The molecular formula is C17H16Cl2N2O5. The predicted molar refractivity (Wildman–Crippen MR) is 93.5 cm³/mol. The van der Waals surface area contributed by atoms with E-state index in [1.165, 1.54) is 6.07 Å². The maximum absolute atomic E-state index is 12.2. The molecule has 138 valence electrons. The van der Waals surface area contributed by atoms with Gasteiger partial charge in [-0.25, -0.2) is 0 Å². The van der Waals surface area contributed by atoms with E-state index in [0.717, 1.165) is 0 Å². The lowest BCUT2D eigenvalue weighted by molar-refractivity contribution is -0.141. The Balaban J connectivity index is 1.56. The first-order valence-electron chi connectivity index (χ1n) is 8.00. The second-order valence-electron chi connectivity index (χ2n) is 6.04. The first-order chi connectivity index (χ1) is 12.4. The summed E-state index contributed by atoms with van der Waals surface area (Å²) in [6, 6.07) is 6.28. The molecule has 0 spiro atoms. The number of ether oxygens (including phenoxy) is 1. The molecule has 0 unspecified atom stereocenters. The van der Waals surface area contributed by atoms with Gasteiger partial charge in [0.25, 0.3) is 5.91 Å². The fourth-order valence-corrected chi connectivity index (χ4v) is 3.35. The number of rotatable bonds is 6. The van der Waals surface area contributed by atoms with E-state index in [0.29, 0.717) is 40.8 Å². The molecule has 1 aromatic carbocycles. The van der Waals surface area contributed by atoms with Crippen molar-refractivity contribution in [2.75, 3.05) is 0 Å². The smallest absolute Gasteiger partial charge is 0.306 e. The van der Waals surface area contributed by atoms with Crippen LogP contribution in [0.4, 0.5) is 0 Å². The number of halogens is 2. The Labute approximate surface area is 159 Å². The third kappa shape index (κ3) is 4.28. The summed E-state index contributed by atoms with van der Waals surface area (Å²) in [6.45, 7) is 0.00818. The van der Waals surface area contributed by atoms with E-state index in [1.54, 1.807) is 18.2 Å². The Kier molecular flexibility index (Phi) is 5.68. The van der Waals surface area contributed by atoms with Gasteiger partial charge in [0.05, 0.1) is 16.0 Å². The summed E-state index contributed by atoms with van der Waals surface area (Å²) in [5.41, 5.74) is 0.104. The number of carboxylic acids is 1. The molecule has 0 radical (unpaired) electrons. The van der Waals surface area contributed by atoms with Crippen LogP contribution in [0.15, 0.2) is 28.8 Å². The Morgan fingerprint density at radius 2 is 2.04 bits per heavy atom. The molecule has 1 fully saturated rings. The minimum Gasteiger partial charge on any atom is -0.482 e. The summed E-state index contributed by atoms with van der Waals surface area (Å²) in [4.78, 5) is 23.2.